The molecule has 0 aromatic carbocycles. The minimum Gasteiger partial charge on any atom is -0.353 e. The number of carbonyl (C=O) groups excluding carboxylic acids is 1. The number of rotatable bonds is 5. The van der Waals surface area contributed by atoms with Gasteiger partial charge in [0, 0.05) is 29.7 Å². The monoisotopic (exact) mass is 392 g/mol. The van der Waals surface area contributed by atoms with Gasteiger partial charge in [-0.3, -0.25) is 9.59 Å². The number of nitrogens with zero attached hydrogens (tertiary/aromatic N) is 3. The molecule has 2 aromatic rings. The van der Waals surface area contributed by atoms with Crippen LogP contribution in [0.1, 0.15) is 36.9 Å². The Morgan fingerprint density at radius 3 is 2.67 bits per heavy atom. The fraction of sp³-hybridized carbons (Fsp3) is 0.500. The molecular formula is C18H25ClN6O2. The number of aryl methyl sites for hydroxylation is 1. The highest BCUT2D eigenvalue weighted by Crippen LogP contribution is 2.23. The van der Waals surface area contributed by atoms with Crippen LogP contribution in [0.15, 0.2) is 23.3 Å². The summed E-state index contributed by atoms with van der Waals surface area (Å²) < 4.78 is 0. The van der Waals surface area contributed by atoms with E-state index in [-0.39, 0.29) is 36.3 Å². The van der Waals surface area contributed by atoms with Crippen LogP contribution in [0.25, 0.3) is 11.6 Å². The number of nitrogens with one attached hydrogen (secondary N) is 2. The van der Waals surface area contributed by atoms with Crippen molar-refractivity contribution in [1.82, 2.24) is 25.3 Å². The van der Waals surface area contributed by atoms with E-state index < -0.39 is 0 Å². The summed E-state index contributed by atoms with van der Waals surface area (Å²) >= 11 is 0. The Kier molecular flexibility index (Phi) is 7.44. The molecule has 1 fully saturated rings. The highest BCUT2D eigenvalue weighted by atomic mass is 35.5. The molecule has 2 aromatic heterocycles. The van der Waals surface area contributed by atoms with Gasteiger partial charge in [-0.1, -0.05) is 12.8 Å². The second-order valence-corrected chi connectivity index (χ2v) is 6.68. The minimum atomic E-state index is -0.339. The Morgan fingerprint density at radius 2 is 2.00 bits per heavy atom. The lowest BCUT2D eigenvalue weighted by molar-refractivity contribution is -0.121. The summed E-state index contributed by atoms with van der Waals surface area (Å²) in [5, 5.41) is 3.04. The van der Waals surface area contributed by atoms with E-state index in [4.69, 9.17) is 5.73 Å². The lowest BCUT2D eigenvalue weighted by Crippen LogP contribution is -2.45. The summed E-state index contributed by atoms with van der Waals surface area (Å²) in [5.41, 5.74) is 6.34. The van der Waals surface area contributed by atoms with Gasteiger partial charge in [-0.05, 0) is 38.3 Å². The van der Waals surface area contributed by atoms with Crippen LogP contribution in [-0.4, -0.2) is 38.4 Å². The highest BCUT2D eigenvalue weighted by Gasteiger charge is 2.26. The number of aromatic nitrogens is 4. The first-order valence-corrected chi connectivity index (χ1v) is 8.95. The second kappa shape index (κ2) is 9.57. The van der Waals surface area contributed by atoms with E-state index >= 15 is 0 Å². The van der Waals surface area contributed by atoms with Crippen molar-refractivity contribution in [2.45, 2.75) is 45.1 Å². The molecule has 0 radical (unpaired) electrons. The maximum Gasteiger partial charge on any atom is 0.255 e. The Labute approximate surface area is 163 Å². The zero-order valence-corrected chi connectivity index (χ0v) is 16.1. The number of aromatic amines is 1. The van der Waals surface area contributed by atoms with Crippen LogP contribution < -0.4 is 16.6 Å². The quantitative estimate of drug-likeness (QED) is 0.700. The molecule has 2 heterocycles. The van der Waals surface area contributed by atoms with Gasteiger partial charge in [0.1, 0.15) is 0 Å². The van der Waals surface area contributed by atoms with E-state index in [0.29, 0.717) is 35.4 Å². The molecule has 0 bridgehead atoms. The molecule has 1 aliphatic rings. The molecule has 2 unspecified atom stereocenters. The van der Waals surface area contributed by atoms with Crippen molar-refractivity contribution in [3.8, 4) is 11.6 Å². The van der Waals surface area contributed by atoms with Gasteiger partial charge in [0.2, 0.25) is 5.91 Å². The van der Waals surface area contributed by atoms with E-state index in [1.807, 2.05) is 0 Å². The maximum atomic E-state index is 12.4. The van der Waals surface area contributed by atoms with Gasteiger partial charge in [0.25, 0.3) is 5.56 Å². The number of nitrogens with two attached hydrogens (primary N) is 1. The molecule has 146 valence electrons. The van der Waals surface area contributed by atoms with Gasteiger partial charge in [0.15, 0.2) is 11.6 Å². The van der Waals surface area contributed by atoms with E-state index in [1.54, 1.807) is 25.4 Å². The van der Waals surface area contributed by atoms with Crippen molar-refractivity contribution in [2.75, 3.05) is 6.54 Å². The number of halogens is 1. The first-order valence-electron chi connectivity index (χ1n) is 8.95. The van der Waals surface area contributed by atoms with Crippen LogP contribution in [-0.2, 0) is 11.2 Å². The van der Waals surface area contributed by atoms with E-state index in [1.165, 1.54) is 0 Å². The molecule has 1 aliphatic carbocycles. The predicted molar refractivity (Wildman–Crippen MR) is 105 cm³/mol. The predicted octanol–water partition coefficient (Wildman–Crippen LogP) is 1.13. The summed E-state index contributed by atoms with van der Waals surface area (Å²) in [6, 6.07) is 1.78. The number of amides is 1. The SMILES string of the molecule is Cc1nc(-c2ncccn2)[nH]c(=O)c1CC(=O)NC1CCCCC1CN.Cl. The molecule has 2 atom stereocenters. The highest BCUT2D eigenvalue weighted by molar-refractivity contribution is 5.85. The lowest BCUT2D eigenvalue weighted by Gasteiger charge is -2.31. The van der Waals surface area contributed by atoms with Gasteiger partial charge in [-0.2, -0.15) is 0 Å². The summed E-state index contributed by atoms with van der Waals surface area (Å²) in [6.07, 6.45) is 7.38. The lowest BCUT2D eigenvalue weighted by atomic mass is 9.84. The molecular weight excluding hydrogens is 368 g/mol. The van der Waals surface area contributed by atoms with Crippen LogP contribution >= 0.6 is 12.4 Å². The molecule has 0 aliphatic heterocycles. The molecule has 1 amide bonds. The number of carbonyl (C=O) groups is 1. The van der Waals surface area contributed by atoms with Crippen molar-refractivity contribution in [2.24, 2.45) is 11.7 Å². The molecule has 4 N–H and O–H groups in total. The summed E-state index contributed by atoms with van der Waals surface area (Å²) in [4.78, 5) is 40.1. The van der Waals surface area contributed by atoms with Crippen LogP contribution in [0.3, 0.4) is 0 Å². The van der Waals surface area contributed by atoms with E-state index in [0.717, 1.165) is 25.7 Å². The van der Waals surface area contributed by atoms with Crippen LogP contribution in [0.2, 0.25) is 0 Å². The van der Waals surface area contributed by atoms with Crippen molar-refractivity contribution >= 4 is 18.3 Å². The molecule has 0 saturated heterocycles. The third-order valence-corrected chi connectivity index (χ3v) is 4.90. The largest absolute Gasteiger partial charge is 0.353 e. The fourth-order valence-electron chi connectivity index (χ4n) is 3.44. The summed E-state index contributed by atoms with van der Waals surface area (Å²) in [7, 11) is 0. The zero-order valence-electron chi connectivity index (χ0n) is 15.3. The van der Waals surface area contributed by atoms with Gasteiger partial charge in [-0.15, -0.1) is 12.4 Å². The molecule has 8 nitrogen and oxygen atoms in total. The normalized spacial score (nSPS) is 19.2. The van der Waals surface area contributed by atoms with Gasteiger partial charge in [-0.25, -0.2) is 15.0 Å². The van der Waals surface area contributed by atoms with E-state index in [9.17, 15) is 9.59 Å². The first-order chi connectivity index (χ1) is 12.6. The average molecular weight is 393 g/mol. The Morgan fingerprint density at radius 1 is 1.30 bits per heavy atom. The van der Waals surface area contributed by atoms with E-state index in [2.05, 4.69) is 25.3 Å². The molecule has 9 heteroatoms. The fourth-order valence-corrected chi connectivity index (χ4v) is 3.44. The Hall–Kier alpha value is -2.32. The standard InChI is InChI=1S/C18H24N6O2.ClH/c1-11-13(9-15(25)23-14-6-3-2-5-12(14)10-19)18(26)24-17(22-11)16-20-7-4-8-21-16;/h4,7-8,12,14H,2-3,5-6,9-10,19H2,1H3,(H,23,25)(H,22,24,26);1H. The van der Waals surface area contributed by atoms with Crippen molar-refractivity contribution < 1.29 is 4.79 Å². The average Bonchev–Trinajstić information content (AvgIpc) is 2.65. The smallest absolute Gasteiger partial charge is 0.255 e. The zero-order chi connectivity index (χ0) is 18.5. The third-order valence-electron chi connectivity index (χ3n) is 4.90. The molecule has 3 rings (SSSR count). The van der Waals surface area contributed by atoms with Crippen molar-refractivity contribution in [1.29, 1.82) is 0 Å². The first kappa shape index (κ1) is 21.0. The maximum absolute atomic E-state index is 12.4. The molecule has 27 heavy (non-hydrogen) atoms. The number of hydrogen-bond donors (Lipinski definition) is 3. The van der Waals surface area contributed by atoms with Gasteiger partial charge in [0.05, 0.1) is 6.42 Å². The Bertz CT molecular complexity index is 826. The minimum absolute atomic E-state index is 0. The van der Waals surface area contributed by atoms with Crippen LogP contribution in [0.5, 0.6) is 0 Å². The van der Waals surface area contributed by atoms with Crippen molar-refractivity contribution in [3.63, 3.8) is 0 Å². The third kappa shape index (κ3) is 5.11. The number of H-pyrrole nitrogens is 1. The Balaban J connectivity index is 0.00000261. The topological polar surface area (TPSA) is 127 Å². The van der Waals surface area contributed by atoms with Crippen LogP contribution in [0.4, 0.5) is 0 Å². The number of hydrogen-bond acceptors (Lipinski definition) is 6. The van der Waals surface area contributed by atoms with Gasteiger partial charge < -0.3 is 16.0 Å². The van der Waals surface area contributed by atoms with Gasteiger partial charge >= 0.3 is 0 Å². The van der Waals surface area contributed by atoms with Crippen molar-refractivity contribution in [3.05, 3.63) is 40.1 Å². The molecule has 0 spiro atoms. The summed E-state index contributed by atoms with van der Waals surface area (Å²) in [5.74, 6) is 0.779. The molecule has 1 saturated carbocycles. The van der Waals surface area contributed by atoms with Crippen LogP contribution in [0, 0.1) is 12.8 Å². The summed E-state index contributed by atoms with van der Waals surface area (Å²) in [6.45, 7) is 2.28. The second-order valence-electron chi connectivity index (χ2n) is 6.68.